The summed E-state index contributed by atoms with van der Waals surface area (Å²) >= 11 is 0. The fourth-order valence-corrected chi connectivity index (χ4v) is 3.53. The van der Waals surface area contributed by atoms with Gasteiger partial charge in [-0.2, -0.15) is 0 Å². The highest BCUT2D eigenvalue weighted by Crippen LogP contribution is 2.44. The van der Waals surface area contributed by atoms with Gasteiger partial charge < -0.3 is 9.47 Å². The first kappa shape index (κ1) is 13.0. The van der Waals surface area contributed by atoms with E-state index in [4.69, 9.17) is 9.47 Å². The third kappa shape index (κ3) is 2.08. The lowest BCUT2D eigenvalue weighted by Crippen LogP contribution is -2.25. The van der Waals surface area contributed by atoms with Gasteiger partial charge in [0, 0.05) is 12.3 Å². The molecule has 108 valence electrons. The summed E-state index contributed by atoms with van der Waals surface area (Å²) in [5, 5.41) is 2.41. The Labute approximate surface area is 123 Å². The van der Waals surface area contributed by atoms with Crippen LogP contribution in [0.2, 0.25) is 0 Å². The third-order valence-corrected chi connectivity index (χ3v) is 4.47. The van der Waals surface area contributed by atoms with Crippen molar-refractivity contribution in [3.05, 3.63) is 48.0 Å². The predicted octanol–water partition coefficient (Wildman–Crippen LogP) is 3.42. The van der Waals surface area contributed by atoms with Gasteiger partial charge in [0.25, 0.3) is 0 Å². The summed E-state index contributed by atoms with van der Waals surface area (Å²) in [7, 11) is 0. The minimum Gasteiger partial charge on any atom is -0.343 e. The summed E-state index contributed by atoms with van der Waals surface area (Å²) in [6.07, 6.45) is -0.0610. The zero-order valence-electron chi connectivity index (χ0n) is 12.2. The molecular formula is C18H18O3. The third-order valence-electron chi connectivity index (χ3n) is 4.47. The number of hydrogen-bond donors (Lipinski definition) is 0. The molecule has 1 saturated carbocycles. The van der Waals surface area contributed by atoms with Gasteiger partial charge in [-0.3, -0.25) is 4.79 Å². The van der Waals surface area contributed by atoms with Gasteiger partial charge in [-0.25, -0.2) is 0 Å². The number of hydrogen-bond acceptors (Lipinski definition) is 3. The van der Waals surface area contributed by atoms with Crippen molar-refractivity contribution in [1.29, 1.82) is 0 Å². The molecule has 0 radical (unpaired) electrons. The van der Waals surface area contributed by atoms with Crippen LogP contribution in [-0.4, -0.2) is 23.8 Å². The van der Waals surface area contributed by atoms with Gasteiger partial charge in [0.15, 0.2) is 11.6 Å². The van der Waals surface area contributed by atoms with Gasteiger partial charge in [0.2, 0.25) is 0 Å². The summed E-state index contributed by atoms with van der Waals surface area (Å²) in [5.74, 6) is -0.418. The highest BCUT2D eigenvalue weighted by Gasteiger charge is 2.53. The Hall–Kier alpha value is -1.71. The van der Waals surface area contributed by atoms with Crippen molar-refractivity contribution in [2.75, 3.05) is 0 Å². The van der Waals surface area contributed by atoms with Gasteiger partial charge in [0.05, 0.1) is 0 Å². The first-order valence-corrected chi connectivity index (χ1v) is 7.40. The lowest BCUT2D eigenvalue weighted by Gasteiger charge is -2.21. The second-order valence-electron chi connectivity index (χ2n) is 6.40. The number of ether oxygens (including phenoxy) is 2. The molecule has 2 aliphatic rings. The number of benzene rings is 2. The molecule has 1 aliphatic carbocycles. The monoisotopic (exact) mass is 282 g/mol. The van der Waals surface area contributed by atoms with Gasteiger partial charge in [-0.15, -0.1) is 0 Å². The Morgan fingerprint density at radius 2 is 1.81 bits per heavy atom. The van der Waals surface area contributed by atoms with E-state index < -0.39 is 11.9 Å². The Bertz CT molecular complexity index is 719. The molecule has 0 aromatic heterocycles. The molecule has 2 aromatic rings. The summed E-state index contributed by atoms with van der Waals surface area (Å²) < 4.78 is 11.7. The Morgan fingerprint density at radius 3 is 2.62 bits per heavy atom. The Morgan fingerprint density at radius 1 is 1.05 bits per heavy atom. The molecule has 0 unspecified atom stereocenters. The van der Waals surface area contributed by atoms with Crippen molar-refractivity contribution in [2.24, 2.45) is 0 Å². The number of ketones is 1. The molecule has 4 rings (SSSR count). The summed E-state index contributed by atoms with van der Waals surface area (Å²) in [6.45, 7) is 3.74. The first-order valence-electron chi connectivity index (χ1n) is 7.40. The lowest BCUT2D eigenvalue weighted by molar-refractivity contribution is -0.160. The topological polar surface area (TPSA) is 35.5 Å². The molecular weight excluding hydrogens is 264 g/mol. The zero-order chi connectivity index (χ0) is 14.6. The second-order valence-corrected chi connectivity index (χ2v) is 6.40. The summed E-state index contributed by atoms with van der Waals surface area (Å²) in [5.41, 5.74) is 1.16. The van der Waals surface area contributed by atoms with E-state index >= 15 is 0 Å². The highest BCUT2D eigenvalue weighted by molar-refractivity contribution is 5.89. The average Bonchev–Trinajstić information content (AvgIpc) is 2.93. The molecule has 0 spiro atoms. The smallest absolute Gasteiger partial charge is 0.165 e. The van der Waals surface area contributed by atoms with Crippen molar-refractivity contribution < 1.29 is 14.3 Å². The Kier molecular flexibility index (Phi) is 2.72. The van der Waals surface area contributed by atoms with Crippen molar-refractivity contribution in [3.8, 4) is 0 Å². The number of fused-ring (bicyclic) bond motifs is 2. The van der Waals surface area contributed by atoms with Crippen LogP contribution in [0.15, 0.2) is 42.5 Å². The van der Waals surface area contributed by atoms with E-state index in [0.717, 1.165) is 5.56 Å². The van der Waals surface area contributed by atoms with Crippen molar-refractivity contribution in [1.82, 2.24) is 0 Å². The fraction of sp³-hybridized carbons (Fsp3) is 0.389. The molecule has 0 bridgehead atoms. The molecule has 1 saturated heterocycles. The predicted molar refractivity (Wildman–Crippen MR) is 80.1 cm³/mol. The number of rotatable bonds is 1. The van der Waals surface area contributed by atoms with Gasteiger partial charge in [-0.05, 0) is 30.2 Å². The van der Waals surface area contributed by atoms with E-state index in [2.05, 4.69) is 30.3 Å². The maximum absolute atomic E-state index is 12.2. The Balaban J connectivity index is 1.73. The van der Waals surface area contributed by atoms with Crippen LogP contribution in [-0.2, 0) is 14.3 Å². The van der Waals surface area contributed by atoms with Crippen LogP contribution in [0.25, 0.3) is 10.8 Å². The van der Waals surface area contributed by atoms with Crippen molar-refractivity contribution >= 4 is 16.6 Å². The second kappa shape index (κ2) is 4.39. The van der Waals surface area contributed by atoms with Crippen molar-refractivity contribution in [3.63, 3.8) is 0 Å². The van der Waals surface area contributed by atoms with Gasteiger partial charge in [-0.1, -0.05) is 42.5 Å². The van der Waals surface area contributed by atoms with Crippen LogP contribution in [0.3, 0.4) is 0 Å². The van der Waals surface area contributed by atoms with Crippen LogP contribution < -0.4 is 0 Å². The molecule has 3 nitrogen and oxygen atoms in total. The normalized spacial score (nSPS) is 30.8. The van der Waals surface area contributed by atoms with Gasteiger partial charge >= 0.3 is 0 Å². The number of carbonyl (C=O) groups is 1. The van der Waals surface area contributed by atoms with E-state index in [0.29, 0.717) is 6.42 Å². The van der Waals surface area contributed by atoms with E-state index in [9.17, 15) is 4.79 Å². The van der Waals surface area contributed by atoms with Crippen molar-refractivity contribution in [2.45, 2.75) is 44.2 Å². The molecule has 3 atom stereocenters. The quantitative estimate of drug-likeness (QED) is 0.804. The first-order chi connectivity index (χ1) is 10.0. The SMILES string of the molecule is CC1(C)O[C@@H]2[C@@H](c3ccc4ccccc4c3)CC(=O)[C@@H]2O1. The molecule has 1 aliphatic heterocycles. The standard InChI is InChI=1S/C18H18O3/c1-18(2)20-16-14(10-15(19)17(16)21-18)13-8-7-11-5-3-4-6-12(11)9-13/h3-9,14,16-17H,10H2,1-2H3/t14-,16-,17+/m1/s1. The molecule has 3 heteroatoms. The van der Waals surface area contributed by atoms with Crippen LogP contribution >= 0.6 is 0 Å². The van der Waals surface area contributed by atoms with Crippen LogP contribution in [0.5, 0.6) is 0 Å². The molecule has 0 N–H and O–H groups in total. The molecule has 2 fully saturated rings. The number of carbonyl (C=O) groups excluding carboxylic acids is 1. The maximum Gasteiger partial charge on any atom is 0.165 e. The summed E-state index contributed by atoms with van der Waals surface area (Å²) in [4.78, 5) is 12.2. The van der Waals surface area contributed by atoms with E-state index in [1.807, 2.05) is 26.0 Å². The fourth-order valence-electron chi connectivity index (χ4n) is 3.53. The zero-order valence-corrected chi connectivity index (χ0v) is 12.2. The average molecular weight is 282 g/mol. The van der Waals surface area contributed by atoms with Gasteiger partial charge in [0.1, 0.15) is 12.2 Å². The molecule has 1 heterocycles. The maximum atomic E-state index is 12.2. The largest absolute Gasteiger partial charge is 0.343 e. The molecule has 2 aromatic carbocycles. The molecule has 21 heavy (non-hydrogen) atoms. The van der Waals surface area contributed by atoms with E-state index in [1.165, 1.54) is 10.8 Å². The number of Topliss-reactive ketones (excluding diaryl/α,β-unsaturated/α-hetero) is 1. The lowest BCUT2D eigenvalue weighted by atomic mass is 9.93. The van der Waals surface area contributed by atoms with Crippen LogP contribution in [0, 0.1) is 0 Å². The van der Waals surface area contributed by atoms with E-state index in [-0.39, 0.29) is 17.8 Å². The molecule has 0 amide bonds. The minimum absolute atomic E-state index is 0.0916. The highest BCUT2D eigenvalue weighted by atomic mass is 16.8. The van der Waals surface area contributed by atoms with Crippen LogP contribution in [0.4, 0.5) is 0 Å². The minimum atomic E-state index is -0.666. The van der Waals surface area contributed by atoms with Crippen LogP contribution in [0.1, 0.15) is 31.7 Å². The summed E-state index contributed by atoms with van der Waals surface area (Å²) in [6, 6.07) is 14.7. The van der Waals surface area contributed by atoms with E-state index in [1.54, 1.807) is 0 Å².